The average Bonchev–Trinajstić information content (AvgIpc) is 2.83. The van der Waals surface area contributed by atoms with Gasteiger partial charge in [0, 0.05) is 6.04 Å². The van der Waals surface area contributed by atoms with Crippen LogP contribution in [0.15, 0.2) is 24.3 Å². The largest absolute Gasteiger partial charge is 0.465 e. The lowest BCUT2D eigenvalue weighted by Gasteiger charge is -2.19. The lowest BCUT2D eigenvalue weighted by atomic mass is 10.0. The first-order valence-corrected chi connectivity index (χ1v) is 7.73. The Morgan fingerprint density at radius 2 is 2.00 bits per heavy atom. The van der Waals surface area contributed by atoms with Crippen LogP contribution in [0.4, 0.5) is 0 Å². The average molecular weight is 288 g/mol. The van der Waals surface area contributed by atoms with Gasteiger partial charge in [-0.15, -0.1) is 0 Å². The van der Waals surface area contributed by atoms with Gasteiger partial charge in [0.15, 0.2) is 0 Å². The van der Waals surface area contributed by atoms with Gasteiger partial charge in [-0.3, -0.25) is 4.79 Å². The number of carbonyl (C=O) groups is 1. The summed E-state index contributed by atoms with van der Waals surface area (Å²) in [5.41, 5.74) is 2.01. The van der Waals surface area contributed by atoms with Gasteiger partial charge >= 0.3 is 5.97 Å². The van der Waals surface area contributed by atoms with Gasteiger partial charge in [0.05, 0.1) is 17.6 Å². The summed E-state index contributed by atoms with van der Waals surface area (Å²) >= 11 is 0. The highest BCUT2D eigenvalue weighted by atomic mass is 16.5. The fourth-order valence-electron chi connectivity index (χ4n) is 2.74. The van der Waals surface area contributed by atoms with Crippen LogP contribution in [0, 0.1) is 0 Å². The Labute approximate surface area is 126 Å². The van der Waals surface area contributed by atoms with Gasteiger partial charge < -0.3 is 9.30 Å². The van der Waals surface area contributed by atoms with E-state index in [4.69, 9.17) is 9.72 Å². The molecule has 0 aliphatic carbocycles. The second-order valence-electron chi connectivity index (χ2n) is 5.52. The molecule has 0 amide bonds. The van der Waals surface area contributed by atoms with E-state index in [1.807, 2.05) is 25.1 Å². The second-order valence-corrected chi connectivity index (χ2v) is 5.52. The minimum atomic E-state index is -0.287. The third-order valence-electron chi connectivity index (χ3n) is 3.60. The van der Waals surface area contributed by atoms with Crippen LogP contribution in [0.2, 0.25) is 0 Å². The first-order valence-electron chi connectivity index (χ1n) is 7.73. The van der Waals surface area contributed by atoms with Crippen molar-refractivity contribution >= 4 is 17.0 Å². The molecule has 1 atom stereocenters. The molecule has 114 valence electrons. The van der Waals surface area contributed by atoms with E-state index in [0.717, 1.165) is 29.7 Å². The molecule has 21 heavy (non-hydrogen) atoms. The van der Waals surface area contributed by atoms with Gasteiger partial charge in [0.2, 0.25) is 0 Å². The van der Waals surface area contributed by atoms with Gasteiger partial charge in [0.1, 0.15) is 11.7 Å². The van der Waals surface area contributed by atoms with Crippen molar-refractivity contribution in [2.24, 2.45) is 0 Å². The van der Waals surface area contributed by atoms with Crippen molar-refractivity contribution in [3.05, 3.63) is 30.1 Å². The van der Waals surface area contributed by atoms with E-state index in [9.17, 15) is 4.79 Å². The van der Waals surface area contributed by atoms with Crippen molar-refractivity contribution in [2.75, 3.05) is 6.61 Å². The van der Waals surface area contributed by atoms with Crippen molar-refractivity contribution in [2.45, 2.75) is 52.5 Å². The number of imidazole rings is 1. The Morgan fingerprint density at radius 1 is 1.29 bits per heavy atom. The summed E-state index contributed by atoms with van der Waals surface area (Å²) in [5, 5.41) is 0. The number of carbonyl (C=O) groups excluding carboxylic acids is 1. The fourth-order valence-corrected chi connectivity index (χ4v) is 2.74. The first-order chi connectivity index (χ1) is 10.1. The summed E-state index contributed by atoms with van der Waals surface area (Å²) in [7, 11) is 0. The SMILES string of the molecule is CCCC(C(=O)OCC)c1nc2ccccc2n1C(C)C. The maximum atomic E-state index is 12.3. The molecule has 0 radical (unpaired) electrons. The number of ether oxygens (including phenoxy) is 1. The minimum absolute atomic E-state index is 0.170. The molecule has 1 unspecified atom stereocenters. The molecule has 0 bridgehead atoms. The van der Waals surface area contributed by atoms with Crippen LogP contribution >= 0.6 is 0 Å². The normalized spacial score (nSPS) is 12.8. The topological polar surface area (TPSA) is 44.1 Å². The van der Waals surface area contributed by atoms with Crippen molar-refractivity contribution in [3.8, 4) is 0 Å². The van der Waals surface area contributed by atoms with Crippen molar-refractivity contribution < 1.29 is 9.53 Å². The quantitative estimate of drug-likeness (QED) is 0.753. The van der Waals surface area contributed by atoms with Crippen LogP contribution in [-0.4, -0.2) is 22.1 Å². The highest BCUT2D eigenvalue weighted by molar-refractivity contribution is 5.81. The predicted molar refractivity (Wildman–Crippen MR) is 84.4 cm³/mol. The van der Waals surface area contributed by atoms with E-state index in [-0.39, 0.29) is 17.9 Å². The van der Waals surface area contributed by atoms with E-state index in [2.05, 4.69) is 31.4 Å². The molecule has 1 aromatic carbocycles. The van der Waals surface area contributed by atoms with Crippen molar-refractivity contribution in [3.63, 3.8) is 0 Å². The Kier molecular flexibility index (Phi) is 4.99. The van der Waals surface area contributed by atoms with Crippen LogP contribution in [0.5, 0.6) is 0 Å². The maximum Gasteiger partial charge on any atom is 0.316 e. The zero-order valence-electron chi connectivity index (χ0n) is 13.3. The van der Waals surface area contributed by atoms with E-state index < -0.39 is 0 Å². The van der Waals surface area contributed by atoms with Crippen LogP contribution in [-0.2, 0) is 9.53 Å². The van der Waals surface area contributed by atoms with Crippen LogP contribution in [0.1, 0.15) is 58.3 Å². The Morgan fingerprint density at radius 3 is 2.62 bits per heavy atom. The van der Waals surface area contributed by atoms with Gasteiger partial charge in [-0.05, 0) is 39.3 Å². The van der Waals surface area contributed by atoms with E-state index in [0.29, 0.717) is 6.61 Å². The molecule has 4 heteroatoms. The summed E-state index contributed by atoms with van der Waals surface area (Å²) in [6.45, 7) is 8.55. The highest BCUT2D eigenvalue weighted by Gasteiger charge is 2.28. The summed E-state index contributed by atoms with van der Waals surface area (Å²) < 4.78 is 7.41. The van der Waals surface area contributed by atoms with Crippen molar-refractivity contribution in [1.29, 1.82) is 0 Å². The second kappa shape index (κ2) is 6.74. The number of aromatic nitrogens is 2. The number of fused-ring (bicyclic) bond motifs is 1. The molecule has 2 aromatic rings. The Bertz CT molecular complexity index is 616. The molecule has 0 fully saturated rings. The lowest BCUT2D eigenvalue weighted by molar-refractivity contribution is -0.145. The molecule has 1 heterocycles. The predicted octanol–water partition coefficient (Wildman–Crippen LogP) is 4.06. The smallest absolute Gasteiger partial charge is 0.316 e. The summed E-state index contributed by atoms with van der Waals surface area (Å²) in [6.07, 6.45) is 1.68. The third kappa shape index (κ3) is 3.09. The number of para-hydroxylation sites is 2. The standard InChI is InChI=1S/C17H24N2O2/c1-5-9-13(17(20)21-6-2)16-18-14-10-7-8-11-15(14)19(16)12(3)4/h7-8,10-13H,5-6,9H2,1-4H3. The van der Waals surface area contributed by atoms with Crippen LogP contribution < -0.4 is 0 Å². The van der Waals surface area contributed by atoms with E-state index in [1.165, 1.54) is 0 Å². The molecular formula is C17H24N2O2. The van der Waals surface area contributed by atoms with Gasteiger partial charge in [-0.25, -0.2) is 4.98 Å². The van der Waals surface area contributed by atoms with Crippen LogP contribution in [0.25, 0.3) is 11.0 Å². The minimum Gasteiger partial charge on any atom is -0.465 e. The molecule has 4 nitrogen and oxygen atoms in total. The molecule has 2 rings (SSSR count). The third-order valence-corrected chi connectivity index (χ3v) is 3.60. The Hall–Kier alpha value is -1.84. The van der Waals surface area contributed by atoms with E-state index in [1.54, 1.807) is 0 Å². The zero-order valence-corrected chi connectivity index (χ0v) is 13.3. The number of hydrogen-bond donors (Lipinski definition) is 0. The highest BCUT2D eigenvalue weighted by Crippen LogP contribution is 2.29. The molecule has 0 saturated heterocycles. The van der Waals surface area contributed by atoms with Gasteiger partial charge in [-0.1, -0.05) is 25.5 Å². The molecule has 1 aromatic heterocycles. The lowest BCUT2D eigenvalue weighted by Crippen LogP contribution is -2.21. The molecule has 0 N–H and O–H groups in total. The van der Waals surface area contributed by atoms with E-state index >= 15 is 0 Å². The zero-order chi connectivity index (χ0) is 15.4. The first kappa shape index (κ1) is 15.5. The molecule has 0 aliphatic rings. The molecule has 0 spiro atoms. The number of hydrogen-bond acceptors (Lipinski definition) is 3. The van der Waals surface area contributed by atoms with Gasteiger partial charge in [-0.2, -0.15) is 0 Å². The Balaban J connectivity index is 2.55. The monoisotopic (exact) mass is 288 g/mol. The molecule has 0 aliphatic heterocycles. The van der Waals surface area contributed by atoms with Gasteiger partial charge in [0.25, 0.3) is 0 Å². The number of rotatable bonds is 6. The van der Waals surface area contributed by atoms with Crippen molar-refractivity contribution in [1.82, 2.24) is 9.55 Å². The molecule has 0 saturated carbocycles. The summed E-state index contributed by atoms with van der Waals surface area (Å²) in [5.74, 6) is 0.368. The summed E-state index contributed by atoms with van der Waals surface area (Å²) in [4.78, 5) is 17.0. The number of benzene rings is 1. The number of esters is 1. The maximum absolute atomic E-state index is 12.3. The molecular weight excluding hydrogens is 264 g/mol. The summed E-state index contributed by atoms with van der Waals surface area (Å²) in [6, 6.07) is 8.28. The fraction of sp³-hybridized carbons (Fsp3) is 0.529. The van der Waals surface area contributed by atoms with Crippen LogP contribution in [0.3, 0.4) is 0 Å². The number of nitrogens with zero attached hydrogens (tertiary/aromatic N) is 2.